The number of halogens is 1. The van der Waals surface area contributed by atoms with Crippen molar-refractivity contribution in [1.29, 1.82) is 0 Å². The van der Waals surface area contributed by atoms with Crippen molar-refractivity contribution in [3.05, 3.63) is 118 Å². The molecule has 0 saturated heterocycles. The lowest BCUT2D eigenvalue weighted by Crippen LogP contribution is -2.16. The average Bonchev–Trinajstić information content (AvgIpc) is 3.21. The Labute approximate surface area is 185 Å². The highest BCUT2D eigenvalue weighted by Gasteiger charge is 2.19. The monoisotopic (exact) mass is 432 g/mol. The van der Waals surface area contributed by atoms with Gasteiger partial charge in [0.25, 0.3) is 0 Å². The molecule has 4 aromatic rings. The van der Waals surface area contributed by atoms with Crippen molar-refractivity contribution < 1.29 is 4.79 Å². The van der Waals surface area contributed by atoms with E-state index in [0.29, 0.717) is 11.6 Å². The molecule has 0 unspecified atom stereocenters. The van der Waals surface area contributed by atoms with Gasteiger partial charge in [0.1, 0.15) is 0 Å². The van der Waals surface area contributed by atoms with Crippen molar-refractivity contribution in [1.82, 2.24) is 4.98 Å². The molecule has 3 nitrogen and oxygen atoms in total. The lowest BCUT2D eigenvalue weighted by molar-refractivity contribution is -0.116. The molecule has 1 heterocycles. The Bertz CT molecular complexity index is 1060. The fourth-order valence-electron chi connectivity index (χ4n) is 3.41. The van der Waals surface area contributed by atoms with Crippen LogP contribution in [-0.4, -0.2) is 10.9 Å². The highest BCUT2D eigenvalue weighted by molar-refractivity contribution is 7.15. The molecule has 0 atom stereocenters. The van der Waals surface area contributed by atoms with E-state index in [1.807, 2.05) is 66.9 Å². The zero-order valence-electron chi connectivity index (χ0n) is 16.3. The lowest BCUT2D eigenvalue weighted by Gasteiger charge is -2.17. The molecule has 1 amide bonds. The van der Waals surface area contributed by atoms with Gasteiger partial charge in [-0.15, -0.1) is 11.3 Å². The van der Waals surface area contributed by atoms with E-state index in [4.69, 9.17) is 11.6 Å². The fourth-order valence-corrected chi connectivity index (χ4v) is 4.39. The van der Waals surface area contributed by atoms with Crippen LogP contribution < -0.4 is 5.32 Å². The van der Waals surface area contributed by atoms with Gasteiger partial charge in [0, 0.05) is 34.9 Å². The number of hydrogen-bond acceptors (Lipinski definition) is 3. The van der Waals surface area contributed by atoms with Crippen molar-refractivity contribution in [2.75, 3.05) is 5.32 Å². The van der Waals surface area contributed by atoms with Gasteiger partial charge < -0.3 is 5.32 Å². The molecule has 0 bridgehead atoms. The van der Waals surface area contributed by atoms with Crippen LogP contribution in [0.1, 0.15) is 33.9 Å². The molecule has 0 aliphatic rings. The van der Waals surface area contributed by atoms with Gasteiger partial charge >= 0.3 is 0 Å². The SMILES string of the molecule is O=C(CC(c1ccccc1)c1ccccc1)Nc1ncc(Cc2ccc(Cl)cc2)s1. The number of hydrogen-bond donors (Lipinski definition) is 1. The van der Waals surface area contributed by atoms with Gasteiger partial charge in [0.15, 0.2) is 5.13 Å². The summed E-state index contributed by atoms with van der Waals surface area (Å²) in [7, 11) is 0. The van der Waals surface area contributed by atoms with Crippen LogP contribution in [0.25, 0.3) is 0 Å². The maximum Gasteiger partial charge on any atom is 0.227 e. The highest BCUT2D eigenvalue weighted by Crippen LogP contribution is 2.29. The Morgan fingerprint density at radius 3 is 2.10 bits per heavy atom. The number of carbonyl (C=O) groups excluding carboxylic acids is 1. The molecule has 0 fully saturated rings. The number of nitrogens with one attached hydrogen (secondary N) is 1. The molecule has 1 aromatic heterocycles. The van der Waals surface area contributed by atoms with E-state index >= 15 is 0 Å². The third kappa shape index (κ3) is 5.35. The molecule has 4 rings (SSSR count). The zero-order valence-corrected chi connectivity index (χ0v) is 17.9. The Kier molecular flexibility index (Phi) is 6.57. The van der Waals surface area contributed by atoms with E-state index in [2.05, 4.69) is 34.6 Å². The van der Waals surface area contributed by atoms with Crippen LogP contribution in [0.2, 0.25) is 5.02 Å². The van der Waals surface area contributed by atoms with Crippen LogP contribution in [0.5, 0.6) is 0 Å². The van der Waals surface area contributed by atoms with Crippen LogP contribution in [0.15, 0.2) is 91.1 Å². The molecule has 0 aliphatic carbocycles. The van der Waals surface area contributed by atoms with Crippen molar-refractivity contribution in [3.8, 4) is 0 Å². The lowest BCUT2D eigenvalue weighted by atomic mass is 9.88. The number of nitrogens with zero attached hydrogens (tertiary/aromatic N) is 1. The molecular weight excluding hydrogens is 412 g/mol. The first-order valence-electron chi connectivity index (χ1n) is 9.76. The summed E-state index contributed by atoms with van der Waals surface area (Å²) in [6.07, 6.45) is 2.95. The third-order valence-electron chi connectivity index (χ3n) is 4.88. The number of thiazole rings is 1. The van der Waals surface area contributed by atoms with Gasteiger partial charge in [-0.2, -0.15) is 0 Å². The molecule has 5 heteroatoms. The Hall–Kier alpha value is -2.95. The molecule has 0 aliphatic heterocycles. The maximum absolute atomic E-state index is 12.8. The number of aromatic nitrogens is 1. The molecule has 0 spiro atoms. The first-order valence-corrected chi connectivity index (χ1v) is 11.0. The standard InChI is InChI=1S/C25H21ClN2OS/c26-21-13-11-18(12-14-21)15-22-17-27-25(30-22)28-24(29)16-23(19-7-3-1-4-8-19)20-9-5-2-6-10-20/h1-14,17,23H,15-16H2,(H,27,28,29). The first kappa shape index (κ1) is 20.3. The largest absolute Gasteiger partial charge is 0.302 e. The smallest absolute Gasteiger partial charge is 0.227 e. The maximum atomic E-state index is 12.8. The quantitative estimate of drug-likeness (QED) is 0.360. The summed E-state index contributed by atoms with van der Waals surface area (Å²) in [6.45, 7) is 0. The molecule has 0 saturated carbocycles. The van der Waals surface area contributed by atoms with E-state index in [9.17, 15) is 4.79 Å². The summed E-state index contributed by atoms with van der Waals surface area (Å²) >= 11 is 7.45. The molecule has 1 N–H and O–H groups in total. The summed E-state index contributed by atoms with van der Waals surface area (Å²) in [5.74, 6) is -0.0407. The number of rotatable bonds is 7. The van der Waals surface area contributed by atoms with Crippen molar-refractivity contribution in [3.63, 3.8) is 0 Å². The average molecular weight is 433 g/mol. The van der Waals surface area contributed by atoms with Crippen molar-refractivity contribution in [2.45, 2.75) is 18.8 Å². The summed E-state index contributed by atoms with van der Waals surface area (Å²) in [4.78, 5) is 18.3. The number of amides is 1. The van der Waals surface area contributed by atoms with Crippen LogP contribution in [0.4, 0.5) is 5.13 Å². The van der Waals surface area contributed by atoms with Crippen LogP contribution >= 0.6 is 22.9 Å². The highest BCUT2D eigenvalue weighted by atomic mass is 35.5. The molecule has 150 valence electrons. The number of carbonyl (C=O) groups is 1. The molecule has 0 radical (unpaired) electrons. The second kappa shape index (κ2) is 9.70. The summed E-state index contributed by atoms with van der Waals surface area (Å²) in [5, 5.41) is 4.33. The van der Waals surface area contributed by atoms with Crippen LogP contribution in [-0.2, 0) is 11.2 Å². The number of anilines is 1. The summed E-state index contributed by atoms with van der Waals surface area (Å²) in [5.41, 5.74) is 3.41. The second-order valence-electron chi connectivity index (χ2n) is 7.06. The predicted molar refractivity (Wildman–Crippen MR) is 124 cm³/mol. The topological polar surface area (TPSA) is 42.0 Å². The van der Waals surface area contributed by atoms with Crippen LogP contribution in [0, 0.1) is 0 Å². The van der Waals surface area contributed by atoms with E-state index in [1.54, 1.807) is 0 Å². The molecule has 3 aromatic carbocycles. The number of benzene rings is 3. The first-order chi connectivity index (χ1) is 14.7. The normalized spacial score (nSPS) is 10.9. The van der Waals surface area contributed by atoms with Gasteiger partial charge in [-0.25, -0.2) is 4.98 Å². The van der Waals surface area contributed by atoms with Gasteiger partial charge in [-0.3, -0.25) is 4.79 Å². The fraction of sp³-hybridized carbons (Fsp3) is 0.120. The van der Waals surface area contributed by atoms with Crippen molar-refractivity contribution >= 4 is 34.0 Å². The minimum Gasteiger partial charge on any atom is -0.302 e. The Morgan fingerprint density at radius 2 is 1.50 bits per heavy atom. The van der Waals surface area contributed by atoms with Gasteiger partial charge in [0.2, 0.25) is 5.91 Å². The van der Waals surface area contributed by atoms with Gasteiger partial charge in [-0.05, 0) is 28.8 Å². The molecular formula is C25H21ClN2OS. The zero-order chi connectivity index (χ0) is 20.8. The van der Waals surface area contributed by atoms with E-state index in [1.165, 1.54) is 11.3 Å². The predicted octanol–water partition coefficient (Wildman–Crippen LogP) is 6.55. The van der Waals surface area contributed by atoms with Crippen LogP contribution in [0.3, 0.4) is 0 Å². The van der Waals surface area contributed by atoms with Crippen molar-refractivity contribution in [2.24, 2.45) is 0 Å². The minimum absolute atomic E-state index is 0.000833. The molecule has 30 heavy (non-hydrogen) atoms. The van der Waals surface area contributed by atoms with E-state index in [0.717, 1.165) is 33.0 Å². The second-order valence-corrected chi connectivity index (χ2v) is 8.61. The van der Waals surface area contributed by atoms with E-state index in [-0.39, 0.29) is 11.8 Å². The van der Waals surface area contributed by atoms with E-state index < -0.39 is 0 Å². The Morgan fingerprint density at radius 1 is 0.900 bits per heavy atom. The van der Waals surface area contributed by atoms with Gasteiger partial charge in [0.05, 0.1) is 0 Å². The van der Waals surface area contributed by atoms with Gasteiger partial charge in [-0.1, -0.05) is 84.4 Å². The minimum atomic E-state index is -0.0416. The third-order valence-corrected chi connectivity index (χ3v) is 6.05. The summed E-state index contributed by atoms with van der Waals surface area (Å²) < 4.78 is 0. The Balaban J connectivity index is 1.44. The summed E-state index contributed by atoms with van der Waals surface area (Å²) in [6, 6.07) is 28.1.